The monoisotopic (exact) mass is 387 g/mol. The zero-order valence-electron chi connectivity index (χ0n) is 16.2. The fraction of sp³-hybridized carbons (Fsp3) is 0.450. The largest absolute Gasteiger partial charge is 0.478 e. The van der Waals surface area contributed by atoms with E-state index in [1.807, 2.05) is 14.0 Å². The molecule has 7 nitrogen and oxygen atoms in total. The third-order valence-electron chi connectivity index (χ3n) is 4.97. The first-order valence-electron chi connectivity index (χ1n) is 9.45. The molecule has 0 unspecified atom stereocenters. The normalized spacial score (nSPS) is 17.7. The minimum Gasteiger partial charge on any atom is -0.478 e. The molecule has 0 radical (unpaired) electrons. The van der Waals surface area contributed by atoms with E-state index in [0.29, 0.717) is 37.7 Å². The number of likely N-dealkylation sites (tertiary alicyclic amines) is 1. The minimum absolute atomic E-state index is 0.106. The first-order chi connectivity index (χ1) is 13.5. The second-order valence-corrected chi connectivity index (χ2v) is 6.98. The van der Waals surface area contributed by atoms with E-state index >= 15 is 0 Å². The maximum atomic E-state index is 13.9. The number of likely N-dealkylation sites (N-methyl/N-ethyl adjacent to an activating group) is 1. The smallest absolute Gasteiger partial charge is 0.263 e. The summed E-state index contributed by atoms with van der Waals surface area (Å²) in [5, 5.41) is 0. The van der Waals surface area contributed by atoms with Crippen LogP contribution in [0.2, 0.25) is 0 Å². The Bertz CT molecular complexity index is 819. The van der Waals surface area contributed by atoms with Crippen LogP contribution in [0.15, 0.2) is 36.5 Å². The average molecular weight is 387 g/mol. The molecule has 2 heterocycles. The summed E-state index contributed by atoms with van der Waals surface area (Å²) in [6.07, 6.45) is 2.27. The van der Waals surface area contributed by atoms with E-state index in [1.54, 1.807) is 29.3 Å². The van der Waals surface area contributed by atoms with Crippen molar-refractivity contribution in [2.75, 3.05) is 25.9 Å². The molecule has 0 spiro atoms. The van der Waals surface area contributed by atoms with Crippen LogP contribution in [0.1, 0.15) is 25.6 Å². The summed E-state index contributed by atoms with van der Waals surface area (Å²) >= 11 is 0. The van der Waals surface area contributed by atoms with Crippen LogP contribution in [0.5, 0.6) is 5.75 Å². The molecule has 1 fully saturated rings. The molecule has 0 saturated carbocycles. The summed E-state index contributed by atoms with van der Waals surface area (Å²) < 4.78 is 19.5. The predicted octanol–water partition coefficient (Wildman–Crippen LogP) is 2.09. The van der Waals surface area contributed by atoms with Crippen LogP contribution in [-0.2, 0) is 11.3 Å². The molecular formula is C20H26FN5O2. The number of hydrogen-bond acceptors (Lipinski definition) is 6. The number of aromatic nitrogens is 2. The van der Waals surface area contributed by atoms with Crippen LogP contribution in [0, 0.1) is 5.82 Å². The lowest BCUT2D eigenvalue weighted by molar-refractivity contribution is -0.138. The van der Waals surface area contributed by atoms with Gasteiger partial charge in [-0.1, -0.05) is 19.1 Å². The number of rotatable bonds is 7. The SMILES string of the molecule is CC[C@@H](Oc1ccccc1F)C(=O)N1CC[C@@H](N(C)Cc2nccc(N)n2)C1. The number of nitrogen functional groups attached to an aromatic ring is 1. The van der Waals surface area contributed by atoms with E-state index in [4.69, 9.17) is 10.5 Å². The first kappa shape index (κ1) is 20.0. The van der Waals surface area contributed by atoms with Gasteiger partial charge in [-0.05, 0) is 38.1 Å². The number of halogens is 1. The summed E-state index contributed by atoms with van der Waals surface area (Å²) in [5.41, 5.74) is 5.71. The molecule has 3 rings (SSSR count). The van der Waals surface area contributed by atoms with Crippen LogP contribution < -0.4 is 10.5 Å². The Balaban J connectivity index is 1.58. The molecule has 2 atom stereocenters. The Kier molecular flexibility index (Phi) is 6.41. The van der Waals surface area contributed by atoms with Gasteiger partial charge in [0.1, 0.15) is 11.6 Å². The van der Waals surface area contributed by atoms with Crippen molar-refractivity contribution in [3.63, 3.8) is 0 Å². The molecule has 1 aliphatic rings. The number of para-hydroxylation sites is 1. The topological polar surface area (TPSA) is 84.6 Å². The molecule has 1 amide bonds. The molecule has 1 aromatic heterocycles. The summed E-state index contributed by atoms with van der Waals surface area (Å²) in [6, 6.07) is 7.99. The van der Waals surface area contributed by atoms with Gasteiger partial charge in [0.05, 0.1) is 6.54 Å². The maximum absolute atomic E-state index is 13.9. The number of carbonyl (C=O) groups excluding carboxylic acids is 1. The fourth-order valence-electron chi connectivity index (χ4n) is 3.35. The van der Waals surface area contributed by atoms with E-state index in [-0.39, 0.29) is 17.7 Å². The summed E-state index contributed by atoms with van der Waals surface area (Å²) in [4.78, 5) is 25.3. The summed E-state index contributed by atoms with van der Waals surface area (Å²) in [5.74, 6) is 0.630. The van der Waals surface area contributed by atoms with E-state index in [0.717, 1.165) is 6.42 Å². The molecule has 8 heteroatoms. The van der Waals surface area contributed by atoms with Crippen LogP contribution >= 0.6 is 0 Å². The first-order valence-corrected chi connectivity index (χ1v) is 9.45. The third-order valence-corrected chi connectivity index (χ3v) is 4.97. The molecule has 1 aliphatic heterocycles. The molecule has 0 aliphatic carbocycles. The highest BCUT2D eigenvalue weighted by molar-refractivity contribution is 5.81. The Morgan fingerprint density at radius 2 is 2.21 bits per heavy atom. The highest BCUT2D eigenvalue weighted by atomic mass is 19.1. The van der Waals surface area contributed by atoms with Gasteiger partial charge >= 0.3 is 0 Å². The van der Waals surface area contributed by atoms with Gasteiger partial charge in [0.2, 0.25) is 0 Å². The Morgan fingerprint density at radius 1 is 1.43 bits per heavy atom. The van der Waals surface area contributed by atoms with Crippen molar-refractivity contribution < 1.29 is 13.9 Å². The number of amides is 1. The van der Waals surface area contributed by atoms with Crippen LogP contribution in [0.3, 0.4) is 0 Å². The van der Waals surface area contributed by atoms with Crippen molar-refractivity contribution in [3.05, 3.63) is 48.2 Å². The molecule has 1 saturated heterocycles. The molecule has 150 valence electrons. The van der Waals surface area contributed by atoms with Gasteiger partial charge in [0.25, 0.3) is 5.91 Å². The molecule has 2 N–H and O–H groups in total. The molecular weight excluding hydrogens is 361 g/mol. The average Bonchev–Trinajstić information content (AvgIpc) is 3.17. The van der Waals surface area contributed by atoms with Crippen molar-refractivity contribution in [1.29, 1.82) is 0 Å². The van der Waals surface area contributed by atoms with E-state index < -0.39 is 11.9 Å². The number of anilines is 1. The zero-order chi connectivity index (χ0) is 20.1. The van der Waals surface area contributed by atoms with Crippen molar-refractivity contribution in [1.82, 2.24) is 19.8 Å². The number of benzene rings is 1. The van der Waals surface area contributed by atoms with Crippen molar-refractivity contribution in [3.8, 4) is 5.75 Å². The number of carbonyl (C=O) groups is 1. The Hall–Kier alpha value is -2.74. The molecule has 2 aromatic rings. The lowest BCUT2D eigenvalue weighted by Gasteiger charge is -2.26. The van der Waals surface area contributed by atoms with Crippen LogP contribution in [0.4, 0.5) is 10.2 Å². The molecule has 28 heavy (non-hydrogen) atoms. The number of hydrogen-bond donors (Lipinski definition) is 1. The third kappa shape index (κ3) is 4.75. The van der Waals surface area contributed by atoms with Crippen molar-refractivity contribution in [2.45, 2.75) is 38.5 Å². The molecule has 0 bridgehead atoms. The van der Waals surface area contributed by atoms with Gasteiger partial charge in [0.15, 0.2) is 17.7 Å². The predicted molar refractivity (Wildman–Crippen MR) is 104 cm³/mol. The quantitative estimate of drug-likeness (QED) is 0.783. The standard InChI is InChI=1S/C20H26FN5O2/c1-3-16(28-17-7-5-4-6-15(17)21)20(27)26-11-9-14(12-26)25(2)13-19-23-10-8-18(22)24-19/h4-8,10,14,16H,3,9,11-13H2,1-2H3,(H2,22,23,24)/t14-,16-/m1/s1. The highest BCUT2D eigenvalue weighted by Gasteiger charge is 2.33. The Morgan fingerprint density at radius 3 is 2.93 bits per heavy atom. The highest BCUT2D eigenvalue weighted by Crippen LogP contribution is 2.22. The second kappa shape index (κ2) is 8.97. The minimum atomic E-state index is -0.696. The van der Waals surface area contributed by atoms with Crippen molar-refractivity contribution in [2.24, 2.45) is 0 Å². The van der Waals surface area contributed by atoms with Gasteiger partial charge in [0, 0.05) is 25.3 Å². The Labute approximate surface area is 164 Å². The van der Waals surface area contributed by atoms with Gasteiger partial charge in [-0.2, -0.15) is 0 Å². The van der Waals surface area contributed by atoms with E-state index in [9.17, 15) is 9.18 Å². The number of ether oxygens (including phenoxy) is 1. The fourth-order valence-corrected chi connectivity index (χ4v) is 3.35. The van der Waals surface area contributed by atoms with Crippen LogP contribution in [-0.4, -0.2) is 58.0 Å². The zero-order valence-corrected chi connectivity index (χ0v) is 16.2. The van der Waals surface area contributed by atoms with Crippen LogP contribution in [0.25, 0.3) is 0 Å². The van der Waals surface area contributed by atoms with Gasteiger partial charge in [-0.3, -0.25) is 9.69 Å². The lowest BCUT2D eigenvalue weighted by Crippen LogP contribution is -2.42. The second-order valence-electron chi connectivity index (χ2n) is 6.98. The number of nitrogens with two attached hydrogens (primary N) is 1. The number of nitrogens with zero attached hydrogens (tertiary/aromatic N) is 4. The summed E-state index contributed by atoms with van der Waals surface area (Å²) in [6.45, 7) is 3.65. The lowest BCUT2D eigenvalue weighted by atomic mass is 10.2. The van der Waals surface area contributed by atoms with Gasteiger partial charge < -0.3 is 15.4 Å². The summed E-state index contributed by atoms with van der Waals surface area (Å²) in [7, 11) is 1.98. The van der Waals surface area contributed by atoms with E-state index in [2.05, 4.69) is 14.9 Å². The van der Waals surface area contributed by atoms with Crippen molar-refractivity contribution >= 4 is 11.7 Å². The van der Waals surface area contributed by atoms with Gasteiger partial charge in [-0.25, -0.2) is 14.4 Å². The maximum Gasteiger partial charge on any atom is 0.263 e. The van der Waals surface area contributed by atoms with Gasteiger partial charge in [-0.15, -0.1) is 0 Å². The van der Waals surface area contributed by atoms with E-state index in [1.165, 1.54) is 12.1 Å². The molecule has 1 aromatic carbocycles.